The van der Waals surface area contributed by atoms with E-state index in [0.29, 0.717) is 31.5 Å². The van der Waals surface area contributed by atoms with E-state index in [1.54, 1.807) is 0 Å². The molecule has 1 amide bonds. The van der Waals surface area contributed by atoms with Crippen molar-refractivity contribution in [3.63, 3.8) is 0 Å². The van der Waals surface area contributed by atoms with Crippen LogP contribution in [0.2, 0.25) is 0 Å². The summed E-state index contributed by atoms with van der Waals surface area (Å²) in [6.07, 6.45) is 5.76. The molecule has 2 N–H and O–H groups in total. The summed E-state index contributed by atoms with van der Waals surface area (Å²) in [4.78, 5) is 12.0. The van der Waals surface area contributed by atoms with Gasteiger partial charge in [-0.2, -0.15) is 0 Å². The Labute approximate surface area is 125 Å². The van der Waals surface area contributed by atoms with E-state index >= 15 is 0 Å². The topological polar surface area (TPSA) is 59.6 Å². The zero-order valence-corrected chi connectivity index (χ0v) is 12.2. The number of carbonyl (C=O) groups excluding carboxylic acids is 1. The monoisotopic (exact) mass is 290 g/mol. The second kappa shape index (κ2) is 6.80. The molecule has 21 heavy (non-hydrogen) atoms. The molecule has 5 heteroatoms. The van der Waals surface area contributed by atoms with Gasteiger partial charge >= 0.3 is 0 Å². The number of anilines is 1. The lowest BCUT2D eigenvalue weighted by Crippen LogP contribution is -2.34. The van der Waals surface area contributed by atoms with Crippen molar-refractivity contribution in [3.05, 3.63) is 18.2 Å². The number of hydrogen-bond donors (Lipinski definition) is 2. The van der Waals surface area contributed by atoms with Crippen LogP contribution in [-0.4, -0.2) is 31.7 Å². The summed E-state index contributed by atoms with van der Waals surface area (Å²) in [5.41, 5.74) is 0.748. The van der Waals surface area contributed by atoms with E-state index in [-0.39, 0.29) is 5.91 Å². The van der Waals surface area contributed by atoms with Crippen LogP contribution < -0.4 is 20.1 Å². The lowest BCUT2D eigenvalue weighted by molar-refractivity contribution is -0.115. The Bertz CT molecular complexity index is 498. The van der Waals surface area contributed by atoms with Gasteiger partial charge in [-0.1, -0.05) is 12.8 Å². The lowest BCUT2D eigenvalue weighted by Gasteiger charge is -2.13. The zero-order valence-electron chi connectivity index (χ0n) is 12.2. The van der Waals surface area contributed by atoms with Gasteiger partial charge in [0.15, 0.2) is 11.5 Å². The molecule has 0 bridgehead atoms. The van der Waals surface area contributed by atoms with Crippen molar-refractivity contribution in [2.45, 2.75) is 38.1 Å². The van der Waals surface area contributed by atoms with Gasteiger partial charge in [0, 0.05) is 24.2 Å². The van der Waals surface area contributed by atoms with E-state index in [1.165, 1.54) is 25.7 Å². The Morgan fingerprint density at radius 1 is 1.10 bits per heavy atom. The lowest BCUT2D eigenvalue weighted by atomic mass is 10.2. The van der Waals surface area contributed by atoms with Crippen molar-refractivity contribution in [1.82, 2.24) is 5.32 Å². The van der Waals surface area contributed by atoms with Gasteiger partial charge in [-0.25, -0.2) is 0 Å². The van der Waals surface area contributed by atoms with Crippen molar-refractivity contribution >= 4 is 11.6 Å². The number of hydrogen-bond acceptors (Lipinski definition) is 4. The van der Waals surface area contributed by atoms with Crippen LogP contribution in [0.15, 0.2) is 18.2 Å². The van der Waals surface area contributed by atoms with Gasteiger partial charge in [0.05, 0.1) is 19.8 Å². The van der Waals surface area contributed by atoms with Crippen LogP contribution in [0.1, 0.15) is 32.1 Å². The van der Waals surface area contributed by atoms with Crippen LogP contribution in [-0.2, 0) is 4.79 Å². The molecule has 1 aliphatic carbocycles. The third kappa shape index (κ3) is 3.88. The van der Waals surface area contributed by atoms with Crippen molar-refractivity contribution in [2.75, 3.05) is 25.1 Å². The average molecular weight is 290 g/mol. The molecule has 0 aromatic heterocycles. The fraction of sp³-hybridized carbons (Fsp3) is 0.562. The molecule has 3 rings (SSSR count). The van der Waals surface area contributed by atoms with E-state index in [1.807, 2.05) is 18.2 Å². The predicted molar refractivity (Wildman–Crippen MR) is 80.9 cm³/mol. The Morgan fingerprint density at radius 2 is 1.86 bits per heavy atom. The fourth-order valence-corrected chi connectivity index (χ4v) is 2.81. The van der Waals surface area contributed by atoms with Crippen molar-refractivity contribution in [2.24, 2.45) is 0 Å². The molecule has 0 saturated heterocycles. The highest BCUT2D eigenvalue weighted by Crippen LogP contribution is 2.32. The molecule has 0 spiro atoms. The highest BCUT2D eigenvalue weighted by atomic mass is 16.5. The van der Waals surface area contributed by atoms with Crippen LogP contribution in [0, 0.1) is 0 Å². The van der Waals surface area contributed by atoms with Crippen molar-refractivity contribution in [1.29, 1.82) is 0 Å². The van der Waals surface area contributed by atoms with E-state index in [2.05, 4.69) is 10.6 Å². The van der Waals surface area contributed by atoms with Gasteiger partial charge in [-0.3, -0.25) is 4.79 Å². The average Bonchev–Trinajstić information content (AvgIpc) is 2.90. The fourth-order valence-electron chi connectivity index (χ4n) is 2.81. The van der Waals surface area contributed by atoms with Gasteiger partial charge in [0.25, 0.3) is 0 Å². The Kier molecular flexibility index (Phi) is 4.60. The van der Waals surface area contributed by atoms with Gasteiger partial charge < -0.3 is 20.1 Å². The first-order valence-electron chi connectivity index (χ1n) is 7.74. The molecular formula is C16H22N2O3. The van der Waals surface area contributed by atoms with E-state index in [4.69, 9.17) is 9.47 Å². The molecule has 0 atom stereocenters. The molecular weight excluding hydrogens is 268 g/mol. The highest BCUT2D eigenvalue weighted by Gasteiger charge is 2.16. The maximum atomic E-state index is 12.0. The van der Waals surface area contributed by atoms with E-state index in [9.17, 15) is 4.79 Å². The number of rotatable bonds is 4. The summed E-state index contributed by atoms with van der Waals surface area (Å²) >= 11 is 0. The van der Waals surface area contributed by atoms with Crippen molar-refractivity contribution in [3.8, 4) is 11.5 Å². The van der Waals surface area contributed by atoms with Crippen LogP contribution in [0.4, 0.5) is 5.69 Å². The van der Waals surface area contributed by atoms with E-state index in [0.717, 1.165) is 17.9 Å². The molecule has 1 heterocycles. The van der Waals surface area contributed by atoms with Crippen molar-refractivity contribution < 1.29 is 14.3 Å². The minimum atomic E-state index is -0.0172. The number of nitrogens with one attached hydrogen (secondary N) is 2. The molecule has 0 unspecified atom stereocenters. The zero-order chi connectivity index (χ0) is 14.5. The summed E-state index contributed by atoms with van der Waals surface area (Å²) in [5, 5.41) is 6.21. The molecule has 1 aromatic carbocycles. The molecule has 1 fully saturated rings. The number of benzene rings is 1. The first kappa shape index (κ1) is 14.2. The van der Waals surface area contributed by atoms with Crippen LogP contribution in [0.3, 0.4) is 0 Å². The normalized spacial score (nSPS) is 18.3. The third-order valence-corrected chi connectivity index (χ3v) is 3.94. The summed E-state index contributed by atoms with van der Waals surface area (Å²) in [5.74, 6) is 1.43. The number of fused-ring (bicyclic) bond motifs is 1. The smallest absolute Gasteiger partial charge is 0.238 e. The largest absolute Gasteiger partial charge is 0.490 e. The SMILES string of the molecule is O=C(CNC1CCCC1)Nc1ccc2c(c1)OCCCO2. The second-order valence-electron chi connectivity index (χ2n) is 5.62. The minimum Gasteiger partial charge on any atom is -0.490 e. The third-order valence-electron chi connectivity index (χ3n) is 3.94. The summed E-state index contributed by atoms with van der Waals surface area (Å²) in [7, 11) is 0. The number of amides is 1. The van der Waals surface area contributed by atoms with Crippen LogP contribution >= 0.6 is 0 Å². The molecule has 1 aromatic rings. The molecule has 1 aliphatic heterocycles. The Hall–Kier alpha value is -1.75. The van der Waals surface area contributed by atoms with Gasteiger partial charge in [-0.15, -0.1) is 0 Å². The van der Waals surface area contributed by atoms with Gasteiger partial charge in [0.2, 0.25) is 5.91 Å². The maximum absolute atomic E-state index is 12.0. The molecule has 5 nitrogen and oxygen atoms in total. The van der Waals surface area contributed by atoms with Gasteiger partial charge in [0.1, 0.15) is 0 Å². The van der Waals surface area contributed by atoms with Gasteiger partial charge in [-0.05, 0) is 25.0 Å². The van der Waals surface area contributed by atoms with E-state index < -0.39 is 0 Å². The van der Waals surface area contributed by atoms with Crippen LogP contribution in [0.25, 0.3) is 0 Å². The number of carbonyl (C=O) groups is 1. The first-order chi connectivity index (χ1) is 10.3. The quantitative estimate of drug-likeness (QED) is 0.893. The predicted octanol–water partition coefficient (Wildman–Crippen LogP) is 2.32. The highest BCUT2D eigenvalue weighted by molar-refractivity contribution is 5.92. The summed E-state index contributed by atoms with van der Waals surface area (Å²) < 4.78 is 11.2. The minimum absolute atomic E-state index is 0.0172. The molecule has 2 aliphatic rings. The standard InChI is InChI=1S/C16H22N2O3/c19-16(11-17-12-4-1-2-5-12)18-13-6-7-14-15(10-13)21-9-3-8-20-14/h6-7,10,12,17H,1-5,8-9,11H2,(H,18,19). The number of ether oxygens (including phenoxy) is 2. The molecule has 0 radical (unpaired) electrons. The second-order valence-corrected chi connectivity index (χ2v) is 5.62. The summed E-state index contributed by atoms with van der Waals surface area (Å²) in [6.45, 7) is 1.68. The van der Waals surface area contributed by atoms with Crippen LogP contribution in [0.5, 0.6) is 11.5 Å². The first-order valence-corrected chi connectivity index (χ1v) is 7.74. The Morgan fingerprint density at radius 3 is 2.67 bits per heavy atom. The maximum Gasteiger partial charge on any atom is 0.238 e. The molecule has 1 saturated carbocycles. The Balaban J connectivity index is 1.54. The summed E-state index contributed by atoms with van der Waals surface area (Å²) in [6, 6.07) is 6.02. The molecule has 114 valence electrons.